The van der Waals surface area contributed by atoms with Crippen molar-refractivity contribution >= 4 is 0 Å². The third-order valence-electron chi connectivity index (χ3n) is 3.46. The van der Waals surface area contributed by atoms with Gasteiger partial charge in [-0.15, -0.1) is 0 Å². The molecule has 0 amide bonds. The van der Waals surface area contributed by atoms with Crippen LogP contribution in [0.4, 0.5) is 52.7 Å². The highest BCUT2D eigenvalue weighted by atomic mass is 19.4. The Hall–Kier alpha value is -2.02. The summed E-state index contributed by atoms with van der Waals surface area (Å²) in [5.41, 5.74) is 0. The van der Waals surface area contributed by atoms with E-state index in [1.807, 2.05) is 0 Å². The van der Waals surface area contributed by atoms with Crippen molar-refractivity contribution in [2.24, 2.45) is 0 Å². The number of halogens is 12. The van der Waals surface area contributed by atoms with Crippen molar-refractivity contribution in [3.8, 4) is 11.5 Å². The molecule has 28 heavy (non-hydrogen) atoms. The summed E-state index contributed by atoms with van der Waals surface area (Å²) in [7, 11) is 0. The highest BCUT2D eigenvalue weighted by molar-refractivity contribution is 5.37. The molecule has 1 aromatic carbocycles. The maximum Gasteiger partial charge on any atom is 0.384 e. The molecular formula is C14H9F12O2. The standard InChI is InChI=1S/C14H9F12O2/c15-9(16)11(19,20)13(23,24)14(25,26)12(21,22)10(17,18)5-6-28-8-4-2-1-3-7(8)27/h1-4,9H,5-6H2. The Labute approximate surface area is 148 Å². The van der Waals surface area contributed by atoms with Crippen LogP contribution in [0.1, 0.15) is 6.42 Å². The van der Waals surface area contributed by atoms with Crippen molar-refractivity contribution in [2.75, 3.05) is 6.61 Å². The van der Waals surface area contributed by atoms with Crippen LogP contribution < -0.4 is 4.74 Å². The summed E-state index contributed by atoms with van der Waals surface area (Å²) >= 11 is 0. The quantitative estimate of drug-likeness (QED) is 0.433. The molecule has 1 radical (unpaired) electrons. The second-order valence-electron chi connectivity index (χ2n) is 5.40. The molecule has 0 bridgehead atoms. The Bertz CT molecular complexity index is 674. The van der Waals surface area contributed by atoms with E-state index in [1.165, 1.54) is 6.07 Å². The third kappa shape index (κ3) is 3.77. The van der Waals surface area contributed by atoms with Crippen LogP contribution in [-0.4, -0.2) is 42.6 Å². The Morgan fingerprint density at radius 3 is 1.75 bits per heavy atom. The van der Waals surface area contributed by atoms with Crippen LogP contribution in [0.25, 0.3) is 0 Å². The van der Waals surface area contributed by atoms with Gasteiger partial charge in [-0.05, 0) is 12.1 Å². The number of rotatable bonds is 9. The number of alkyl halides is 12. The van der Waals surface area contributed by atoms with E-state index in [1.54, 1.807) is 0 Å². The largest absolute Gasteiger partial charge is 0.489 e. The van der Waals surface area contributed by atoms with Gasteiger partial charge in [0.2, 0.25) is 5.75 Å². The molecule has 0 unspecified atom stereocenters. The Balaban J connectivity index is 3.08. The first-order valence-corrected chi connectivity index (χ1v) is 6.99. The molecule has 0 aliphatic rings. The summed E-state index contributed by atoms with van der Waals surface area (Å²) in [4.78, 5) is 0. The molecular weight excluding hydrogens is 428 g/mol. The third-order valence-corrected chi connectivity index (χ3v) is 3.46. The molecule has 0 aliphatic carbocycles. The normalized spacial score (nSPS) is 14.5. The number of ether oxygens (including phenoxy) is 1. The first-order valence-electron chi connectivity index (χ1n) is 6.99. The maximum atomic E-state index is 13.5. The second kappa shape index (κ2) is 7.43. The smallest absolute Gasteiger partial charge is 0.384 e. The molecule has 0 saturated carbocycles. The zero-order valence-electron chi connectivity index (χ0n) is 13.2. The van der Waals surface area contributed by atoms with Crippen LogP contribution in [0, 0.1) is 0 Å². The molecule has 0 spiro atoms. The van der Waals surface area contributed by atoms with Crippen LogP contribution in [-0.2, 0) is 5.11 Å². The molecule has 161 valence electrons. The lowest BCUT2D eigenvalue weighted by Gasteiger charge is -2.39. The van der Waals surface area contributed by atoms with Crippen molar-refractivity contribution in [2.45, 2.75) is 42.5 Å². The van der Waals surface area contributed by atoms with Gasteiger partial charge in [0.25, 0.3) is 0 Å². The zero-order valence-corrected chi connectivity index (χ0v) is 13.2. The van der Waals surface area contributed by atoms with Gasteiger partial charge < -0.3 is 4.74 Å². The summed E-state index contributed by atoms with van der Waals surface area (Å²) < 4.78 is 160. The second-order valence-corrected chi connectivity index (χ2v) is 5.40. The van der Waals surface area contributed by atoms with Gasteiger partial charge in [-0.2, -0.15) is 43.9 Å². The summed E-state index contributed by atoms with van der Waals surface area (Å²) in [6.45, 7) is -1.59. The minimum absolute atomic E-state index is 0.678. The molecule has 1 rings (SSSR count). The van der Waals surface area contributed by atoms with Gasteiger partial charge >= 0.3 is 36.0 Å². The number of hydrogen-bond donors (Lipinski definition) is 0. The van der Waals surface area contributed by atoms with Crippen molar-refractivity contribution in [1.29, 1.82) is 0 Å². The first-order chi connectivity index (χ1) is 12.4. The molecule has 0 heterocycles. The SMILES string of the molecule is [O]c1ccccc1OCCC(F)(F)C(F)(F)C(F)(F)C(F)(F)C(F)(F)C(F)F. The van der Waals surface area contributed by atoms with Crippen LogP contribution in [0.3, 0.4) is 0 Å². The topological polar surface area (TPSA) is 29.1 Å². The van der Waals surface area contributed by atoms with Crippen molar-refractivity contribution in [1.82, 2.24) is 0 Å². The molecule has 0 aromatic heterocycles. The predicted octanol–water partition coefficient (Wildman–Crippen LogP) is 6.04. The number of benzene rings is 1. The Morgan fingerprint density at radius 2 is 1.29 bits per heavy atom. The van der Waals surface area contributed by atoms with Crippen LogP contribution in [0.2, 0.25) is 0 Å². The van der Waals surface area contributed by atoms with Gasteiger partial charge in [0.05, 0.1) is 13.0 Å². The monoisotopic (exact) mass is 437 g/mol. The molecule has 0 saturated heterocycles. The highest BCUT2D eigenvalue weighted by Gasteiger charge is 2.87. The molecule has 14 heteroatoms. The fourth-order valence-electron chi connectivity index (χ4n) is 1.79. The fraction of sp³-hybridized carbons (Fsp3) is 0.571. The molecule has 1 aromatic rings. The van der Waals surface area contributed by atoms with Crippen molar-refractivity contribution in [3.05, 3.63) is 24.3 Å². The minimum Gasteiger partial charge on any atom is -0.489 e. The van der Waals surface area contributed by atoms with Gasteiger partial charge in [-0.25, -0.2) is 8.78 Å². The van der Waals surface area contributed by atoms with E-state index in [0.717, 1.165) is 18.2 Å². The van der Waals surface area contributed by atoms with Crippen molar-refractivity contribution < 1.29 is 62.5 Å². The highest BCUT2D eigenvalue weighted by Crippen LogP contribution is 2.58. The van der Waals surface area contributed by atoms with Gasteiger partial charge in [-0.1, -0.05) is 12.1 Å². The Kier molecular flexibility index (Phi) is 6.37. The Morgan fingerprint density at radius 1 is 0.786 bits per heavy atom. The summed E-state index contributed by atoms with van der Waals surface area (Å²) in [5, 5.41) is 11.2. The van der Waals surface area contributed by atoms with E-state index in [9.17, 15) is 57.8 Å². The van der Waals surface area contributed by atoms with Crippen LogP contribution >= 0.6 is 0 Å². The van der Waals surface area contributed by atoms with E-state index >= 15 is 0 Å². The predicted molar refractivity (Wildman–Crippen MR) is 67.4 cm³/mol. The van der Waals surface area contributed by atoms with Gasteiger partial charge in [0.15, 0.2) is 5.75 Å². The first kappa shape index (κ1) is 24.0. The maximum absolute atomic E-state index is 13.5. The van der Waals surface area contributed by atoms with E-state index in [4.69, 9.17) is 0 Å². The average molecular weight is 437 g/mol. The summed E-state index contributed by atoms with van der Waals surface area (Å²) in [6.07, 6.45) is -7.98. The van der Waals surface area contributed by atoms with Gasteiger partial charge in [0.1, 0.15) is 0 Å². The summed E-state index contributed by atoms with van der Waals surface area (Å²) in [5.74, 6) is -37.0. The molecule has 2 nitrogen and oxygen atoms in total. The van der Waals surface area contributed by atoms with E-state index < -0.39 is 60.6 Å². The van der Waals surface area contributed by atoms with Crippen LogP contribution in [0.15, 0.2) is 24.3 Å². The lowest BCUT2D eigenvalue weighted by Crippen LogP contribution is -2.68. The van der Waals surface area contributed by atoms with Gasteiger partial charge in [-0.3, -0.25) is 5.11 Å². The van der Waals surface area contributed by atoms with Crippen molar-refractivity contribution in [3.63, 3.8) is 0 Å². The average Bonchev–Trinajstić information content (AvgIpc) is 2.55. The number of para-hydroxylation sites is 2. The summed E-state index contributed by atoms with van der Waals surface area (Å²) in [6, 6.07) is 4.04. The van der Waals surface area contributed by atoms with E-state index in [2.05, 4.69) is 4.74 Å². The zero-order chi connectivity index (χ0) is 22.2. The lowest BCUT2D eigenvalue weighted by molar-refractivity contribution is -0.413. The van der Waals surface area contributed by atoms with Gasteiger partial charge in [0, 0.05) is 0 Å². The number of hydrogen-bond acceptors (Lipinski definition) is 1. The van der Waals surface area contributed by atoms with Crippen LogP contribution in [0.5, 0.6) is 11.5 Å². The lowest BCUT2D eigenvalue weighted by atomic mass is 9.93. The fourth-order valence-corrected chi connectivity index (χ4v) is 1.79. The molecule has 0 aliphatic heterocycles. The molecule has 0 fully saturated rings. The minimum atomic E-state index is -7.57. The van der Waals surface area contributed by atoms with E-state index in [0.29, 0.717) is 0 Å². The molecule has 0 N–H and O–H groups in total. The van der Waals surface area contributed by atoms with E-state index in [-0.39, 0.29) is 0 Å². The molecule has 0 atom stereocenters.